The molecule has 2 aromatic rings. The Balaban J connectivity index is 1.44. The van der Waals surface area contributed by atoms with Crippen LogP contribution in [0.2, 0.25) is 0 Å². The van der Waals surface area contributed by atoms with Crippen molar-refractivity contribution in [2.24, 2.45) is 0 Å². The number of piperidine rings is 1. The fourth-order valence-electron chi connectivity index (χ4n) is 3.80. The van der Waals surface area contributed by atoms with Gasteiger partial charge in [0.15, 0.2) is 0 Å². The zero-order valence-corrected chi connectivity index (χ0v) is 17.6. The van der Waals surface area contributed by atoms with E-state index in [2.05, 4.69) is 16.0 Å². The third-order valence-electron chi connectivity index (χ3n) is 5.46. The van der Waals surface area contributed by atoms with Crippen LogP contribution in [-0.2, 0) is 16.1 Å². The summed E-state index contributed by atoms with van der Waals surface area (Å²) in [5.74, 6) is -1.28. The molecule has 2 aliphatic rings. The first-order chi connectivity index (χ1) is 15.5. The summed E-state index contributed by atoms with van der Waals surface area (Å²) in [6.45, 7) is 1.74. The van der Waals surface area contributed by atoms with Gasteiger partial charge in [0.2, 0.25) is 11.8 Å². The van der Waals surface area contributed by atoms with E-state index >= 15 is 0 Å². The van der Waals surface area contributed by atoms with Gasteiger partial charge < -0.3 is 15.4 Å². The number of fused-ring (bicyclic) bond motifs is 1. The van der Waals surface area contributed by atoms with Crippen LogP contribution in [-0.4, -0.2) is 54.8 Å². The van der Waals surface area contributed by atoms with Gasteiger partial charge >= 0.3 is 0 Å². The predicted molar refractivity (Wildman–Crippen MR) is 116 cm³/mol. The molecule has 0 aliphatic carbocycles. The van der Waals surface area contributed by atoms with Crippen LogP contribution < -0.4 is 20.7 Å². The summed E-state index contributed by atoms with van der Waals surface area (Å²) in [6, 6.07) is 11.7. The molecule has 2 aliphatic heterocycles. The van der Waals surface area contributed by atoms with Crippen molar-refractivity contribution in [3.63, 3.8) is 0 Å². The maximum absolute atomic E-state index is 12.9. The van der Waals surface area contributed by atoms with Gasteiger partial charge in [-0.1, -0.05) is 12.1 Å². The Morgan fingerprint density at radius 2 is 1.88 bits per heavy atom. The van der Waals surface area contributed by atoms with Crippen molar-refractivity contribution in [3.05, 3.63) is 59.2 Å². The van der Waals surface area contributed by atoms with Gasteiger partial charge in [-0.15, -0.1) is 0 Å². The van der Waals surface area contributed by atoms with E-state index in [9.17, 15) is 19.2 Å². The molecule has 1 unspecified atom stereocenters. The van der Waals surface area contributed by atoms with Gasteiger partial charge in [-0.2, -0.15) is 0 Å². The zero-order chi connectivity index (χ0) is 22.7. The molecule has 1 fully saturated rings. The largest absolute Gasteiger partial charge is 0.492 e. The molecule has 0 radical (unpaired) electrons. The van der Waals surface area contributed by atoms with Gasteiger partial charge in [0.25, 0.3) is 11.8 Å². The third-order valence-corrected chi connectivity index (χ3v) is 5.46. The molecular weight excluding hydrogens is 412 g/mol. The van der Waals surface area contributed by atoms with E-state index in [1.54, 1.807) is 18.2 Å². The number of benzene rings is 2. The number of anilines is 1. The van der Waals surface area contributed by atoms with Crippen LogP contribution in [0.5, 0.6) is 5.75 Å². The number of carbonyl (C=O) groups excluding carboxylic acids is 4. The second-order valence-electron chi connectivity index (χ2n) is 7.66. The fourth-order valence-corrected chi connectivity index (χ4v) is 3.80. The van der Waals surface area contributed by atoms with Gasteiger partial charge in [-0.25, -0.2) is 0 Å². The maximum atomic E-state index is 12.9. The molecule has 0 bridgehead atoms. The number of imide groups is 2. The normalized spacial score (nSPS) is 17.9. The lowest BCUT2D eigenvalue weighted by Gasteiger charge is -2.27. The van der Waals surface area contributed by atoms with Crippen LogP contribution in [0.3, 0.4) is 0 Å². The van der Waals surface area contributed by atoms with E-state index in [0.717, 1.165) is 28.4 Å². The highest BCUT2D eigenvalue weighted by Crippen LogP contribution is 2.28. The molecule has 4 rings (SSSR count). The number of nitrogens with zero attached hydrogens (tertiary/aromatic N) is 1. The average molecular weight is 436 g/mol. The molecule has 32 heavy (non-hydrogen) atoms. The van der Waals surface area contributed by atoms with Crippen LogP contribution in [0, 0.1) is 0 Å². The van der Waals surface area contributed by atoms with Crippen molar-refractivity contribution in [1.29, 1.82) is 0 Å². The minimum atomic E-state index is -0.965. The molecule has 0 spiro atoms. The number of rotatable bonds is 8. The first-order valence-electron chi connectivity index (χ1n) is 10.4. The molecule has 1 saturated heterocycles. The number of nitrogens with one attached hydrogen (secondary N) is 3. The van der Waals surface area contributed by atoms with Gasteiger partial charge in [0, 0.05) is 31.3 Å². The molecule has 3 N–H and O–H groups in total. The first-order valence-corrected chi connectivity index (χ1v) is 10.4. The summed E-state index contributed by atoms with van der Waals surface area (Å²) < 4.78 is 5.67. The summed E-state index contributed by atoms with van der Waals surface area (Å²) in [5, 5.41) is 8.51. The standard InChI is InChI=1S/C23H24N4O5/c1-24-9-10-32-16-4-2-3-15(12-16)25-13-14-5-6-17-18(11-14)23(31)27(22(17)30)19-7-8-20(28)26-21(19)29/h2-6,11-12,19,24-25H,7-10,13H2,1H3,(H,26,28,29). The molecule has 9 nitrogen and oxygen atoms in total. The summed E-state index contributed by atoms with van der Waals surface area (Å²) in [4.78, 5) is 50.2. The quantitative estimate of drug-likeness (QED) is 0.422. The highest BCUT2D eigenvalue weighted by atomic mass is 16.5. The lowest BCUT2D eigenvalue weighted by molar-refractivity contribution is -0.136. The Morgan fingerprint density at radius 1 is 1.06 bits per heavy atom. The topological polar surface area (TPSA) is 117 Å². The maximum Gasteiger partial charge on any atom is 0.262 e. The highest BCUT2D eigenvalue weighted by molar-refractivity contribution is 6.23. The Labute approximate surface area is 185 Å². The highest BCUT2D eigenvalue weighted by Gasteiger charge is 2.44. The van der Waals surface area contributed by atoms with Gasteiger partial charge in [-0.3, -0.25) is 29.4 Å². The lowest BCUT2D eigenvalue weighted by atomic mass is 10.0. The summed E-state index contributed by atoms with van der Waals surface area (Å²) in [7, 11) is 1.86. The molecular formula is C23H24N4O5. The van der Waals surface area contributed by atoms with E-state index in [1.807, 2.05) is 31.3 Å². The Bertz CT molecular complexity index is 1080. The fraction of sp³-hybridized carbons (Fsp3) is 0.304. The number of hydrogen-bond donors (Lipinski definition) is 3. The first kappa shape index (κ1) is 21.5. The number of hydrogen-bond acceptors (Lipinski definition) is 7. The molecule has 0 aromatic heterocycles. The minimum Gasteiger partial charge on any atom is -0.492 e. The Morgan fingerprint density at radius 3 is 2.66 bits per heavy atom. The second kappa shape index (κ2) is 9.19. The van der Waals surface area contributed by atoms with Crippen LogP contribution in [0.4, 0.5) is 5.69 Å². The molecule has 9 heteroatoms. The Kier molecular flexibility index (Phi) is 6.18. The molecule has 0 saturated carbocycles. The monoisotopic (exact) mass is 436 g/mol. The van der Waals surface area contributed by atoms with Crippen LogP contribution in [0.15, 0.2) is 42.5 Å². The van der Waals surface area contributed by atoms with E-state index in [-0.39, 0.29) is 24.0 Å². The molecule has 2 heterocycles. The number of likely N-dealkylation sites (N-methyl/N-ethyl adjacent to an activating group) is 1. The predicted octanol–water partition coefficient (Wildman–Crippen LogP) is 1.30. The number of carbonyl (C=O) groups is 4. The van der Waals surface area contributed by atoms with Crippen LogP contribution in [0.1, 0.15) is 39.1 Å². The molecule has 2 aromatic carbocycles. The van der Waals surface area contributed by atoms with E-state index in [4.69, 9.17) is 4.74 Å². The SMILES string of the molecule is CNCCOc1cccc(NCc2ccc3c(c2)C(=O)N(C2CCC(=O)NC2=O)C3=O)c1. The number of ether oxygens (including phenoxy) is 1. The van der Waals surface area contributed by atoms with Crippen molar-refractivity contribution in [2.45, 2.75) is 25.4 Å². The van der Waals surface area contributed by atoms with Gasteiger partial charge in [-0.05, 0) is 43.3 Å². The third kappa shape index (κ3) is 4.33. The van der Waals surface area contributed by atoms with E-state index in [1.165, 1.54) is 0 Å². The van der Waals surface area contributed by atoms with Crippen molar-refractivity contribution in [2.75, 3.05) is 25.5 Å². The summed E-state index contributed by atoms with van der Waals surface area (Å²) in [5.41, 5.74) is 2.21. The molecule has 4 amide bonds. The molecule has 166 valence electrons. The molecule has 1 atom stereocenters. The van der Waals surface area contributed by atoms with Crippen molar-refractivity contribution in [1.82, 2.24) is 15.5 Å². The lowest BCUT2D eigenvalue weighted by Crippen LogP contribution is -2.54. The second-order valence-corrected chi connectivity index (χ2v) is 7.66. The van der Waals surface area contributed by atoms with E-state index in [0.29, 0.717) is 13.2 Å². The van der Waals surface area contributed by atoms with Crippen LogP contribution in [0.25, 0.3) is 0 Å². The zero-order valence-electron chi connectivity index (χ0n) is 17.6. The average Bonchev–Trinajstić information content (AvgIpc) is 3.03. The Hall–Kier alpha value is -3.72. The van der Waals surface area contributed by atoms with Crippen LogP contribution >= 0.6 is 0 Å². The van der Waals surface area contributed by atoms with Crippen molar-refractivity contribution < 1.29 is 23.9 Å². The van der Waals surface area contributed by atoms with Gasteiger partial charge in [0.1, 0.15) is 18.4 Å². The summed E-state index contributed by atoms with van der Waals surface area (Å²) >= 11 is 0. The smallest absolute Gasteiger partial charge is 0.262 e. The summed E-state index contributed by atoms with van der Waals surface area (Å²) in [6.07, 6.45) is 0.230. The minimum absolute atomic E-state index is 0.0940. The van der Waals surface area contributed by atoms with Crippen molar-refractivity contribution in [3.8, 4) is 5.75 Å². The van der Waals surface area contributed by atoms with Gasteiger partial charge in [0.05, 0.1) is 11.1 Å². The number of amides is 4. The van der Waals surface area contributed by atoms with E-state index < -0.39 is 29.7 Å². The van der Waals surface area contributed by atoms with Crippen molar-refractivity contribution >= 4 is 29.3 Å².